The van der Waals surface area contributed by atoms with Gasteiger partial charge in [-0.2, -0.15) is 0 Å². The van der Waals surface area contributed by atoms with Crippen molar-refractivity contribution in [2.45, 2.75) is 19.9 Å². The summed E-state index contributed by atoms with van der Waals surface area (Å²) < 4.78 is 1.11. The maximum Gasteiger partial charge on any atom is 0.0704 e. The number of hydrogen-bond donors (Lipinski definition) is 1. The van der Waals surface area contributed by atoms with Crippen LogP contribution in [0.2, 0.25) is 5.02 Å². The number of thiophene rings is 2. The second-order valence-electron chi connectivity index (χ2n) is 3.64. The lowest BCUT2D eigenvalue weighted by Gasteiger charge is -2.10. The van der Waals surface area contributed by atoms with Gasteiger partial charge in [0.25, 0.3) is 0 Å². The van der Waals surface area contributed by atoms with Crippen molar-refractivity contribution in [2.75, 3.05) is 0 Å². The van der Waals surface area contributed by atoms with Gasteiger partial charge in [0.15, 0.2) is 0 Å². The predicted molar refractivity (Wildman–Crippen MR) is 76.9 cm³/mol. The largest absolute Gasteiger partial charge is 0.320 e. The second-order valence-corrected chi connectivity index (χ2v) is 7.56. The van der Waals surface area contributed by atoms with Gasteiger partial charge < -0.3 is 5.73 Å². The third-order valence-electron chi connectivity index (χ3n) is 2.47. The molecule has 1 unspecified atom stereocenters. The fourth-order valence-electron chi connectivity index (χ4n) is 1.57. The zero-order valence-electron chi connectivity index (χ0n) is 8.88. The first-order valence-electron chi connectivity index (χ1n) is 4.75. The summed E-state index contributed by atoms with van der Waals surface area (Å²) >= 11 is 13.0. The van der Waals surface area contributed by atoms with Gasteiger partial charge in [-0.1, -0.05) is 11.6 Å². The van der Waals surface area contributed by atoms with Gasteiger partial charge in [0.05, 0.1) is 14.9 Å². The highest BCUT2D eigenvalue weighted by molar-refractivity contribution is 9.11. The molecule has 2 N–H and O–H groups in total. The molecule has 0 aromatic carbocycles. The average Bonchev–Trinajstić information content (AvgIpc) is 2.71. The van der Waals surface area contributed by atoms with Gasteiger partial charge in [-0.15, -0.1) is 22.7 Å². The van der Waals surface area contributed by atoms with Crippen LogP contribution in [-0.4, -0.2) is 0 Å². The number of rotatable bonds is 2. The van der Waals surface area contributed by atoms with E-state index in [9.17, 15) is 0 Å². The van der Waals surface area contributed by atoms with E-state index in [1.807, 2.05) is 12.3 Å². The summed E-state index contributed by atoms with van der Waals surface area (Å²) in [6.45, 7) is 4.09. The number of halogens is 2. The first-order valence-corrected chi connectivity index (χ1v) is 7.62. The van der Waals surface area contributed by atoms with E-state index in [2.05, 4.69) is 28.9 Å². The summed E-state index contributed by atoms with van der Waals surface area (Å²) in [6, 6.07) is 1.96. The van der Waals surface area contributed by atoms with E-state index in [-0.39, 0.29) is 6.04 Å². The van der Waals surface area contributed by atoms with E-state index in [0.29, 0.717) is 0 Å². The van der Waals surface area contributed by atoms with Crippen molar-refractivity contribution in [3.63, 3.8) is 0 Å². The minimum absolute atomic E-state index is 0.117. The van der Waals surface area contributed by atoms with Crippen LogP contribution >= 0.6 is 50.2 Å². The van der Waals surface area contributed by atoms with Gasteiger partial charge in [0.1, 0.15) is 0 Å². The highest BCUT2D eigenvalue weighted by atomic mass is 79.9. The Kier molecular flexibility index (Phi) is 3.76. The molecule has 0 saturated heterocycles. The predicted octanol–water partition coefficient (Wildman–Crippen LogP) is 4.89. The summed E-state index contributed by atoms with van der Waals surface area (Å²) in [5.74, 6) is 0. The summed E-state index contributed by atoms with van der Waals surface area (Å²) in [6.07, 6.45) is 0. The lowest BCUT2D eigenvalue weighted by molar-refractivity contribution is 0.890. The quantitative estimate of drug-likeness (QED) is 0.830. The van der Waals surface area contributed by atoms with Gasteiger partial charge in [0.2, 0.25) is 0 Å². The SMILES string of the molecule is Cc1csc(C(N)c2cc(Br)sc2C)c1Cl. The molecule has 2 rings (SSSR count). The molecule has 0 spiro atoms. The molecule has 0 fully saturated rings. The minimum Gasteiger partial charge on any atom is -0.320 e. The van der Waals surface area contributed by atoms with Crippen LogP contribution in [0.25, 0.3) is 0 Å². The standard InChI is InChI=1S/C11H11BrClNS2/c1-5-4-15-11(9(5)13)10(14)7-3-8(12)16-6(7)2/h3-4,10H,14H2,1-2H3. The van der Waals surface area contributed by atoms with E-state index in [1.54, 1.807) is 22.7 Å². The van der Waals surface area contributed by atoms with E-state index < -0.39 is 0 Å². The number of aryl methyl sites for hydroxylation is 2. The van der Waals surface area contributed by atoms with Crippen LogP contribution in [0, 0.1) is 13.8 Å². The lowest BCUT2D eigenvalue weighted by atomic mass is 10.1. The molecule has 1 atom stereocenters. The first-order chi connectivity index (χ1) is 7.50. The molecule has 0 aliphatic heterocycles. The fraction of sp³-hybridized carbons (Fsp3) is 0.273. The van der Waals surface area contributed by atoms with Crippen molar-refractivity contribution in [1.82, 2.24) is 0 Å². The summed E-state index contributed by atoms with van der Waals surface area (Å²) in [7, 11) is 0. The topological polar surface area (TPSA) is 26.0 Å². The Hall–Kier alpha value is 0.130. The zero-order chi connectivity index (χ0) is 11.9. The van der Waals surface area contributed by atoms with Crippen LogP contribution in [0.15, 0.2) is 15.2 Å². The molecule has 86 valence electrons. The van der Waals surface area contributed by atoms with E-state index in [1.165, 1.54) is 4.88 Å². The van der Waals surface area contributed by atoms with Crippen LogP contribution in [0.3, 0.4) is 0 Å². The van der Waals surface area contributed by atoms with Crippen LogP contribution in [0.4, 0.5) is 0 Å². The van der Waals surface area contributed by atoms with Crippen LogP contribution in [0.1, 0.15) is 26.9 Å². The highest BCUT2D eigenvalue weighted by Gasteiger charge is 2.19. The number of hydrogen-bond acceptors (Lipinski definition) is 3. The van der Waals surface area contributed by atoms with Crippen molar-refractivity contribution in [1.29, 1.82) is 0 Å². The summed E-state index contributed by atoms with van der Waals surface area (Å²) in [5, 5.41) is 2.85. The van der Waals surface area contributed by atoms with E-state index >= 15 is 0 Å². The maximum atomic E-state index is 6.26. The molecule has 0 saturated carbocycles. The van der Waals surface area contributed by atoms with Gasteiger partial charge in [-0.25, -0.2) is 0 Å². The lowest BCUT2D eigenvalue weighted by Crippen LogP contribution is -2.10. The third-order valence-corrected chi connectivity index (χ3v) is 5.84. The van der Waals surface area contributed by atoms with Crippen LogP contribution < -0.4 is 5.73 Å². The molecule has 16 heavy (non-hydrogen) atoms. The molecule has 5 heteroatoms. The molecule has 0 amide bonds. The van der Waals surface area contributed by atoms with Crippen LogP contribution in [0.5, 0.6) is 0 Å². The smallest absolute Gasteiger partial charge is 0.0704 e. The van der Waals surface area contributed by atoms with Crippen LogP contribution in [-0.2, 0) is 0 Å². The first kappa shape index (κ1) is 12.6. The van der Waals surface area contributed by atoms with Crippen molar-refractivity contribution in [3.05, 3.63) is 41.1 Å². The second kappa shape index (κ2) is 4.78. The molecule has 1 nitrogen and oxygen atoms in total. The van der Waals surface area contributed by atoms with Gasteiger partial charge in [0, 0.05) is 9.75 Å². The number of nitrogens with two attached hydrogens (primary N) is 1. The van der Waals surface area contributed by atoms with Gasteiger partial charge in [-0.05, 0) is 52.4 Å². The molecule has 2 heterocycles. The van der Waals surface area contributed by atoms with Crippen molar-refractivity contribution < 1.29 is 0 Å². The average molecular weight is 337 g/mol. The minimum atomic E-state index is -0.117. The normalized spacial score (nSPS) is 13.1. The Morgan fingerprint density at radius 1 is 1.44 bits per heavy atom. The Morgan fingerprint density at radius 2 is 2.12 bits per heavy atom. The molecule has 0 radical (unpaired) electrons. The Bertz CT molecular complexity index is 516. The van der Waals surface area contributed by atoms with Gasteiger partial charge in [-0.3, -0.25) is 0 Å². The summed E-state index contributed by atoms with van der Waals surface area (Å²) in [4.78, 5) is 2.29. The Labute approximate surface area is 116 Å². The van der Waals surface area contributed by atoms with Gasteiger partial charge >= 0.3 is 0 Å². The Balaban J connectivity index is 2.42. The van der Waals surface area contributed by atoms with E-state index in [0.717, 1.165) is 24.8 Å². The van der Waals surface area contributed by atoms with Crippen molar-refractivity contribution >= 4 is 50.2 Å². The zero-order valence-corrected chi connectivity index (χ0v) is 12.9. The summed E-state index contributed by atoms with van der Waals surface area (Å²) in [5.41, 5.74) is 8.51. The maximum absolute atomic E-state index is 6.26. The Morgan fingerprint density at radius 3 is 2.56 bits per heavy atom. The molecule has 0 aliphatic carbocycles. The molecular weight excluding hydrogens is 326 g/mol. The highest BCUT2D eigenvalue weighted by Crippen LogP contribution is 2.38. The van der Waals surface area contributed by atoms with E-state index in [4.69, 9.17) is 17.3 Å². The monoisotopic (exact) mass is 335 g/mol. The third kappa shape index (κ3) is 2.22. The molecule has 0 aliphatic rings. The molecule has 0 bridgehead atoms. The molecular formula is C11H11BrClNS2. The van der Waals surface area contributed by atoms with Crippen molar-refractivity contribution in [2.24, 2.45) is 5.73 Å². The molecule has 2 aromatic heterocycles. The van der Waals surface area contributed by atoms with Crippen molar-refractivity contribution in [3.8, 4) is 0 Å². The fourth-order valence-corrected chi connectivity index (χ4v) is 4.66. The molecule has 2 aromatic rings.